The van der Waals surface area contributed by atoms with E-state index in [1.807, 2.05) is 0 Å². The summed E-state index contributed by atoms with van der Waals surface area (Å²) in [6.07, 6.45) is -0.456. The van der Waals surface area contributed by atoms with Gasteiger partial charge in [0.05, 0.1) is 17.0 Å². The molecule has 0 spiro atoms. The normalized spacial score (nSPS) is 14.0. The summed E-state index contributed by atoms with van der Waals surface area (Å²) < 4.78 is 110. The van der Waals surface area contributed by atoms with Gasteiger partial charge in [-0.05, 0) is 35.9 Å². The van der Waals surface area contributed by atoms with Crippen molar-refractivity contribution in [2.24, 2.45) is 0 Å². The average Bonchev–Trinajstić information content (AvgIpc) is 3.32. The number of benzene rings is 3. The Hall–Kier alpha value is -5.26. The molecule has 0 atom stereocenters. The fraction of sp³-hybridized carbons (Fsp3) is 0.179. The second-order valence-corrected chi connectivity index (χ2v) is 15.1. The van der Waals surface area contributed by atoms with E-state index in [1.54, 1.807) is 0 Å². The SMILES string of the molecule is CN(CCS(=O)(=O)O)C(=O)c1cc(C(=O)ON2C(=O)CCC2=O)ccc1-c1c2ccc(=[NH2+])c(S(=O)(=O)[O-])c-2oc2c(S(=O)(=O)O)c(N)ccc12. The van der Waals surface area contributed by atoms with Crippen molar-refractivity contribution in [3.8, 4) is 22.5 Å². The quantitative estimate of drug-likeness (QED) is 0.0674. The molecule has 0 saturated carbocycles. The van der Waals surface area contributed by atoms with E-state index in [0.717, 1.165) is 42.3 Å². The first-order valence-corrected chi connectivity index (χ1v) is 18.3. The number of nitrogens with zero attached hydrogens (tertiary/aromatic N) is 2. The van der Waals surface area contributed by atoms with Crippen molar-refractivity contribution in [3.63, 3.8) is 0 Å². The first kappa shape index (κ1) is 36.0. The molecule has 0 radical (unpaired) electrons. The van der Waals surface area contributed by atoms with E-state index >= 15 is 0 Å². The minimum Gasteiger partial charge on any atom is -0.744 e. The van der Waals surface area contributed by atoms with Crippen LogP contribution in [0.25, 0.3) is 33.4 Å². The molecular weight excluding hydrogens is 729 g/mol. The highest BCUT2D eigenvalue weighted by Crippen LogP contribution is 2.45. The Morgan fingerprint density at radius 1 is 0.980 bits per heavy atom. The third-order valence-corrected chi connectivity index (χ3v) is 10.1. The van der Waals surface area contributed by atoms with Gasteiger partial charge in [0.1, 0.15) is 10.1 Å². The number of anilines is 1. The van der Waals surface area contributed by atoms with Gasteiger partial charge in [-0.25, -0.2) is 13.2 Å². The third-order valence-electron chi connectivity index (χ3n) is 7.50. The Kier molecular flexibility index (Phi) is 9.06. The molecule has 2 aromatic rings. The van der Waals surface area contributed by atoms with Crippen molar-refractivity contribution in [2.45, 2.75) is 22.6 Å². The molecule has 19 nitrogen and oxygen atoms in total. The fourth-order valence-electron chi connectivity index (χ4n) is 5.23. The number of hydrogen-bond donors (Lipinski definition) is 4. The maximum absolute atomic E-state index is 13.9. The molecule has 6 N–H and O–H groups in total. The van der Waals surface area contributed by atoms with Crippen molar-refractivity contribution in [2.75, 3.05) is 25.1 Å². The molecule has 0 bridgehead atoms. The molecule has 2 aromatic carbocycles. The lowest BCUT2D eigenvalue weighted by atomic mass is 9.89. The van der Waals surface area contributed by atoms with Gasteiger partial charge in [-0.15, -0.1) is 5.06 Å². The van der Waals surface area contributed by atoms with Crippen molar-refractivity contribution < 1.29 is 72.8 Å². The van der Waals surface area contributed by atoms with Gasteiger partial charge in [0.15, 0.2) is 21.1 Å². The second kappa shape index (κ2) is 12.6. The van der Waals surface area contributed by atoms with Crippen molar-refractivity contribution in [1.82, 2.24) is 9.96 Å². The molecule has 1 aliphatic carbocycles. The van der Waals surface area contributed by atoms with Gasteiger partial charge in [0.2, 0.25) is 5.36 Å². The fourth-order valence-corrected chi connectivity index (χ4v) is 7.22. The molecule has 3 amide bonds. The number of carbonyl (C=O) groups is 4. The lowest BCUT2D eigenvalue weighted by Gasteiger charge is -2.23. The van der Waals surface area contributed by atoms with Crippen LogP contribution in [0.3, 0.4) is 0 Å². The predicted octanol–water partition coefficient (Wildman–Crippen LogP) is -1.22. The highest BCUT2D eigenvalue weighted by atomic mass is 32.2. The van der Waals surface area contributed by atoms with Crippen molar-refractivity contribution in [1.29, 1.82) is 0 Å². The number of amides is 3. The number of hydrogen-bond acceptors (Lipinski definition) is 14. The topological polar surface area (TPSA) is 315 Å². The zero-order chi connectivity index (χ0) is 37.1. The zero-order valence-electron chi connectivity index (χ0n) is 25.3. The van der Waals surface area contributed by atoms with Gasteiger partial charge in [-0.3, -0.25) is 28.9 Å². The standard InChI is InChI=1S/C28H24N4O15S3/c1-31(10-11-48(37,38)39)27(35)17-12-13(28(36)47-32-20(33)8-9-21(32)34)2-3-14(17)22-15-4-6-18(29)25(49(40,41)42)23(15)46-24-16(22)5-7-19(30)26(24)50(43,44)45/h2-7,12,29H,8-11,30H2,1H3,(H,37,38,39)(H,40,41,42)(H,43,44,45). The minimum atomic E-state index is -5.47. The molecule has 3 aliphatic rings. The summed E-state index contributed by atoms with van der Waals surface area (Å²) in [6, 6.07) is 7.48. The number of rotatable bonds is 9. The zero-order valence-corrected chi connectivity index (χ0v) is 27.8. The number of carbonyl (C=O) groups excluding carboxylic acids is 4. The number of hydroxylamine groups is 2. The molecule has 264 valence electrons. The Balaban J connectivity index is 1.87. The smallest absolute Gasteiger partial charge is 0.363 e. The van der Waals surface area contributed by atoms with Gasteiger partial charge in [-0.2, -0.15) is 16.8 Å². The highest BCUT2D eigenvalue weighted by molar-refractivity contribution is 7.86. The molecule has 50 heavy (non-hydrogen) atoms. The molecular formula is C28H24N4O15S3. The van der Waals surface area contributed by atoms with Crippen LogP contribution >= 0.6 is 0 Å². The van der Waals surface area contributed by atoms with Crippen LogP contribution in [0.15, 0.2) is 56.7 Å². The Morgan fingerprint density at radius 3 is 2.18 bits per heavy atom. The number of fused-ring (bicyclic) bond motifs is 2. The lowest BCUT2D eigenvalue weighted by Crippen LogP contribution is -2.47. The summed E-state index contributed by atoms with van der Waals surface area (Å²) in [5, 5.41) is 5.20. The summed E-state index contributed by atoms with van der Waals surface area (Å²) >= 11 is 0. The van der Waals surface area contributed by atoms with Crippen LogP contribution in [0.1, 0.15) is 33.6 Å². The Labute approximate surface area is 281 Å². The van der Waals surface area contributed by atoms with Crippen LogP contribution in [0.5, 0.6) is 0 Å². The first-order valence-electron chi connectivity index (χ1n) is 13.9. The summed E-state index contributed by atoms with van der Waals surface area (Å²) in [6.45, 7) is -0.604. The number of nitrogens with two attached hydrogens (primary N) is 2. The van der Waals surface area contributed by atoms with Gasteiger partial charge in [0, 0.05) is 54.6 Å². The van der Waals surface area contributed by atoms with Gasteiger partial charge in [0.25, 0.3) is 38.0 Å². The van der Waals surface area contributed by atoms with Gasteiger partial charge < -0.3 is 24.4 Å². The molecule has 22 heteroatoms. The lowest BCUT2D eigenvalue weighted by molar-refractivity contribution is -0.176. The van der Waals surface area contributed by atoms with Crippen molar-refractivity contribution >= 4 is 70.7 Å². The highest BCUT2D eigenvalue weighted by Gasteiger charge is 2.35. The summed E-state index contributed by atoms with van der Waals surface area (Å²) in [5.41, 5.74) is 2.87. The monoisotopic (exact) mass is 752 g/mol. The summed E-state index contributed by atoms with van der Waals surface area (Å²) in [5.74, 6) is -5.70. The maximum Gasteiger partial charge on any atom is 0.363 e. The number of nitrogen functional groups attached to an aromatic ring is 1. The Bertz CT molecular complexity index is 2510. The van der Waals surface area contributed by atoms with E-state index in [0.29, 0.717) is 0 Å². The van der Waals surface area contributed by atoms with E-state index in [4.69, 9.17) is 20.4 Å². The van der Waals surface area contributed by atoms with E-state index in [2.05, 4.69) is 0 Å². The molecule has 5 rings (SSSR count). The van der Waals surface area contributed by atoms with Crippen LogP contribution in [0.2, 0.25) is 0 Å². The van der Waals surface area contributed by atoms with E-state index in [9.17, 15) is 58.1 Å². The summed E-state index contributed by atoms with van der Waals surface area (Å²) in [7, 11) is -14.2. The predicted molar refractivity (Wildman–Crippen MR) is 165 cm³/mol. The van der Waals surface area contributed by atoms with Gasteiger partial charge >= 0.3 is 5.97 Å². The van der Waals surface area contributed by atoms with Crippen LogP contribution in [-0.4, -0.2) is 91.9 Å². The minimum absolute atomic E-state index is 0.227. The van der Waals surface area contributed by atoms with Gasteiger partial charge in [-0.1, -0.05) is 6.07 Å². The molecule has 2 aliphatic heterocycles. The third kappa shape index (κ3) is 6.79. The second-order valence-electron chi connectivity index (χ2n) is 10.9. The van der Waals surface area contributed by atoms with Crippen LogP contribution in [0.4, 0.5) is 5.69 Å². The van der Waals surface area contributed by atoms with Crippen LogP contribution < -0.4 is 16.5 Å². The molecule has 1 saturated heterocycles. The molecule has 2 heterocycles. The van der Waals surface area contributed by atoms with Crippen LogP contribution in [0, 0.1) is 0 Å². The van der Waals surface area contributed by atoms with Crippen LogP contribution in [-0.2, 0) is 44.8 Å². The van der Waals surface area contributed by atoms with E-state index in [-0.39, 0.29) is 40.0 Å². The molecule has 0 unspecified atom stereocenters. The maximum atomic E-state index is 13.9. The van der Waals surface area contributed by atoms with E-state index in [1.165, 1.54) is 12.1 Å². The summed E-state index contributed by atoms with van der Waals surface area (Å²) in [4.78, 5) is 54.7. The largest absolute Gasteiger partial charge is 0.744 e. The van der Waals surface area contributed by atoms with Crippen molar-refractivity contribution in [3.05, 3.63) is 58.9 Å². The average molecular weight is 753 g/mol. The Morgan fingerprint density at radius 2 is 1.60 bits per heavy atom. The number of imide groups is 1. The molecule has 1 fully saturated rings. The first-order chi connectivity index (χ1) is 23.1. The molecule has 0 aromatic heterocycles. The van der Waals surface area contributed by atoms with E-state index < -0.39 is 110 Å².